The van der Waals surface area contributed by atoms with Crippen molar-refractivity contribution in [2.24, 2.45) is 0 Å². The number of pyridine rings is 2. The molecule has 214 valence electrons. The van der Waals surface area contributed by atoms with Gasteiger partial charge in [-0.2, -0.15) is 0 Å². The van der Waals surface area contributed by atoms with Crippen LogP contribution in [-0.4, -0.2) is 15.2 Å². The van der Waals surface area contributed by atoms with Crippen LogP contribution in [0.2, 0.25) is 0 Å². The highest BCUT2D eigenvalue weighted by Gasteiger charge is 2.16. The fourth-order valence-electron chi connectivity index (χ4n) is 5.69. The zero-order valence-corrected chi connectivity index (χ0v) is 25.0. The Labute approximate surface area is 267 Å². The van der Waals surface area contributed by atoms with Crippen LogP contribution >= 0.6 is 11.6 Å². The van der Waals surface area contributed by atoms with Gasteiger partial charge in [-0.05, 0) is 75.3 Å². The summed E-state index contributed by atoms with van der Waals surface area (Å²) in [6.45, 7) is 0. The molecule has 0 aliphatic rings. The molecule has 4 heteroatoms. The number of carbonyl (C=O) groups excluding carboxylic acids is 1. The number of hydrogen-bond acceptors (Lipinski definition) is 3. The molecular weight excluding hydrogens is 572 g/mol. The lowest BCUT2D eigenvalue weighted by molar-refractivity contribution is 0.108. The Balaban J connectivity index is 1.30. The maximum atomic E-state index is 12.6. The fourth-order valence-corrected chi connectivity index (χ4v) is 5.80. The molecular formula is C41H27ClN2O. The molecule has 0 bridgehead atoms. The third-order valence-corrected chi connectivity index (χ3v) is 8.14. The van der Waals surface area contributed by atoms with Crippen LogP contribution in [-0.2, 0) is 0 Å². The predicted octanol–water partition coefficient (Wildman–Crippen LogP) is 10.9. The van der Waals surface area contributed by atoms with Crippen LogP contribution in [0.15, 0.2) is 164 Å². The summed E-state index contributed by atoms with van der Waals surface area (Å²) in [7, 11) is 0. The highest BCUT2D eigenvalue weighted by molar-refractivity contribution is 6.67. The molecule has 3 nitrogen and oxygen atoms in total. The molecule has 45 heavy (non-hydrogen) atoms. The van der Waals surface area contributed by atoms with E-state index in [1.807, 2.05) is 97.3 Å². The molecule has 7 aromatic rings. The predicted molar refractivity (Wildman–Crippen MR) is 185 cm³/mol. The van der Waals surface area contributed by atoms with E-state index in [1.54, 1.807) is 0 Å². The number of hydrogen-bond donors (Lipinski definition) is 0. The quantitative estimate of drug-likeness (QED) is 0.171. The Kier molecular flexibility index (Phi) is 7.84. The van der Waals surface area contributed by atoms with Gasteiger partial charge >= 0.3 is 0 Å². The summed E-state index contributed by atoms with van der Waals surface area (Å²) in [6.07, 6.45) is 3.81. The zero-order valence-electron chi connectivity index (χ0n) is 24.3. The van der Waals surface area contributed by atoms with Crippen LogP contribution in [0.1, 0.15) is 10.4 Å². The van der Waals surface area contributed by atoms with Gasteiger partial charge in [0.25, 0.3) is 5.24 Å². The van der Waals surface area contributed by atoms with Crippen LogP contribution in [0.3, 0.4) is 0 Å². The van der Waals surface area contributed by atoms with Crippen LogP contribution in [0.4, 0.5) is 0 Å². The highest BCUT2D eigenvalue weighted by atomic mass is 35.5. The van der Waals surface area contributed by atoms with Gasteiger partial charge in [0.2, 0.25) is 0 Å². The lowest BCUT2D eigenvalue weighted by Crippen LogP contribution is -1.95. The van der Waals surface area contributed by atoms with E-state index in [0.29, 0.717) is 5.56 Å². The van der Waals surface area contributed by atoms with E-state index < -0.39 is 5.24 Å². The third-order valence-electron chi connectivity index (χ3n) is 7.92. The van der Waals surface area contributed by atoms with Crippen molar-refractivity contribution in [3.05, 3.63) is 170 Å². The standard InChI is InChI=1S/C41H27ClN2O/c42-41(45)34-24-32(37-17-9-7-15-35(37)30-19-21-39(43-26-30)28-11-3-1-4-12-28)23-33(25-34)38-18-10-8-16-36(38)31-20-22-40(44-27-31)29-13-5-2-6-14-29/h1-27H. The average molecular weight is 599 g/mol. The molecule has 7 rings (SSSR count). The minimum absolute atomic E-state index is 0.434. The maximum absolute atomic E-state index is 12.6. The first-order valence-electron chi connectivity index (χ1n) is 14.7. The second-order valence-electron chi connectivity index (χ2n) is 10.8. The van der Waals surface area contributed by atoms with Crippen molar-refractivity contribution in [3.8, 4) is 67.0 Å². The second kappa shape index (κ2) is 12.5. The van der Waals surface area contributed by atoms with Gasteiger partial charge in [0, 0.05) is 40.2 Å². The van der Waals surface area contributed by atoms with E-state index in [0.717, 1.165) is 67.0 Å². The van der Waals surface area contributed by atoms with Crippen LogP contribution < -0.4 is 0 Å². The van der Waals surface area contributed by atoms with Crippen molar-refractivity contribution in [1.82, 2.24) is 9.97 Å². The van der Waals surface area contributed by atoms with Gasteiger partial charge in [0.1, 0.15) is 0 Å². The summed E-state index contributed by atoms with van der Waals surface area (Å²) in [6, 6.07) is 50.7. The Bertz CT molecular complexity index is 1960. The molecule has 0 saturated heterocycles. The van der Waals surface area contributed by atoms with Crippen molar-refractivity contribution in [2.45, 2.75) is 0 Å². The molecule has 0 unspecified atom stereocenters. The van der Waals surface area contributed by atoms with Crippen molar-refractivity contribution >= 4 is 16.8 Å². The summed E-state index contributed by atoms with van der Waals surface area (Å²) in [5.74, 6) is 0. The molecule has 0 N–H and O–H groups in total. The monoisotopic (exact) mass is 598 g/mol. The maximum Gasteiger partial charge on any atom is 0.252 e. The molecule has 2 heterocycles. The Hall–Kier alpha value is -5.64. The topological polar surface area (TPSA) is 42.9 Å². The highest BCUT2D eigenvalue weighted by Crippen LogP contribution is 2.38. The molecule has 0 aliphatic heterocycles. The third kappa shape index (κ3) is 5.95. The number of benzene rings is 5. The van der Waals surface area contributed by atoms with Gasteiger partial charge in [0.15, 0.2) is 0 Å². The number of nitrogens with zero attached hydrogens (tertiary/aromatic N) is 2. The van der Waals surface area contributed by atoms with E-state index in [9.17, 15) is 4.79 Å². The van der Waals surface area contributed by atoms with Crippen molar-refractivity contribution in [1.29, 1.82) is 0 Å². The molecule has 2 aromatic heterocycles. The largest absolute Gasteiger partial charge is 0.276 e. The second-order valence-corrected chi connectivity index (χ2v) is 11.1. The van der Waals surface area contributed by atoms with Gasteiger partial charge < -0.3 is 0 Å². The number of aromatic nitrogens is 2. The van der Waals surface area contributed by atoms with E-state index >= 15 is 0 Å². The SMILES string of the molecule is O=C(Cl)c1cc(-c2ccccc2-c2ccc(-c3ccccc3)nc2)cc(-c2ccccc2-c2ccc(-c3ccccc3)nc2)c1. The zero-order chi connectivity index (χ0) is 30.6. The van der Waals surface area contributed by atoms with Crippen LogP contribution in [0.5, 0.6) is 0 Å². The molecule has 5 aromatic carbocycles. The van der Waals surface area contributed by atoms with Gasteiger partial charge in [-0.15, -0.1) is 0 Å². The summed E-state index contributed by atoms with van der Waals surface area (Å²) in [4.78, 5) is 22.1. The summed E-state index contributed by atoms with van der Waals surface area (Å²) < 4.78 is 0. The van der Waals surface area contributed by atoms with Gasteiger partial charge in [-0.1, -0.05) is 121 Å². The molecule has 0 spiro atoms. The molecule has 0 amide bonds. The van der Waals surface area contributed by atoms with E-state index in [-0.39, 0.29) is 0 Å². The first-order chi connectivity index (χ1) is 22.1. The summed E-state index contributed by atoms with van der Waals surface area (Å²) in [5, 5.41) is -0.504. The lowest BCUT2D eigenvalue weighted by atomic mass is 9.89. The number of carbonyl (C=O) groups is 1. The first-order valence-corrected chi connectivity index (χ1v) is 15.1. The fraction of sp³-hybridized carbons (Fsp3) is 0. The number of halogens is 1. The van der Waals surface area contributed by atoms with Crippen LogP contribution in [0, 0.1) is 0 Å². The van der Waals surface area contributed by atoms with Gasteiger partial charge in [-0.25, -0.2) is 0 Å². The van der Waals surface area contributed by atoms with Crippen LogP contribution in [0.25, 0.3) is 67.0 Å². The Morgan fingerprint density at radius 2 is 0.778 bits per heavy atom. The minimum Gasteiger partial charge on any atom is -0.276 e. The molecule has 0 radical (unpaired) electrons. The van der Waals surface area contributed by atoms with E-state index in [4.69, 9.17) is 21.6 Å². The normalized spacial score (nSPS) is 10.9. The van der Waals surface area contributed by atoms with Crippen molar-refractivity contribution < 1.29 is 4.79 Å². The van der Waals surface area contributed by atoms with E-state index in [2.05, 4.69) is 66.7 Å². The molecule has 0 saturated carbocycles. The molecule has 0 aliphatic carbocycles. The Morgan fingerprint density at radius 3 is 1.13 bits per heavy atom. The summed E-state index contributed by atoms with van der Waals surface area (Å²) in [5.41, 5.74) is 12.2. The van der Waals surface area contributed by atoms with Crippen molar-refractivity contribution in [2.75, 3.05) is 0 Å². The summed E-state index contributed by atoms with van der Waals surface area (Å²) >= 11 is 6.13. The van der Waals surface area contributed by atoms with Crippen molar-refractivity contribution in [3.63, 3.8) is 0 Å². The van der Waals surface area contributed by atoms with E-state index in [1.165, 1.54) is 0 Å². The molecule has 0 atom stereocenters. The average Bonchev–Trinajstić information content (AvgIpc) is 3.12. The Morgan fingerprint density at radius 1 is 0.400 bits per heavy atom. The number of rotatable bonds is 7. The lowest BCUT2D eigenvalue weighted by Gasteiger charge is -2.15. The van der Waals surface area contributed by atoms with Gasteiger partial charge in [0.05, 0.1) is 11.4 Å². The van der Waals surface area contributed by atoms with Gasteiger partial charge in [-0.3, -0.25) is 14.8 Å². The minimum atomic E-state index is -0.504. The smallest absolute Gasteiger partial charge is 0.252 e. The first kappa shape index (κ1) is 28.1. The molecule has 0 fully saturated rings.